The van der Waals surface area contributed by atoms with E-state index in [0.717, 1.165) is 17.8 Å². The van der Waals surface area contributed by atoms with Crippen LogP contribution in [0.5, 0.6) is 0 Å². The van der Waals surface area contributed by atoms with Gasteiger partial charge in [-0.15, -0.1) is 0 Å². The zero-order valence-electron chi connectivity index (χ0n) is 11.3. The van der Waals surface area contributed by atoms with Gasteiger partial charge in [-0.05, 0) is 38.1 Å². The molecule has 0 spiro atoms. The van der Waals surface area contributed by atoms with E-state index < -0.39 is 11.7 Å². The molecule has 2 rings (SSSR count). The SMILES string of the molecule is CC.Cc1nc(-c2ccc(C(F)(F)F)cc2)oc1C. The van der Waals surface area contributed by atoms with Gasteiger partial charge in [0, 0.05) is 5.56 Å². The molecular formula is C14H16F3NO. The number of alkyl halides is 3. The Morgan fingerprint density at radius 1 is 1.00 bits per heavy atom. The molecule has 104 valence electrons. The van der Waals surface area contributed by atoms with Gasteiger partial charge in [-0.3, -0.25) is 0 Å². The predicted octanol–water partition coefficient (Wildman–Crippen LogP) is 5.00. The van der Waals surface area contributed by atoms with Crippen LogP contribution in [0.4, 0.5) is 13.2 Å². The van der Waals surface area contributed by atoms with E-state index >= 15 is 0 Å². The number of aromatic nitrogens is 1. The van der Waals surface area contributed by atoms with Crippen LogP contribution in [0, 0.1) is 13.8 Å². The lowest BCUT2D eigenvalue weighted by molar-refractivity contribution is -0.137. The van der Waals surface area contributed by atoms with E-state index in [2.05, 4.69) is 4.98 Å². The summed E-state index contributed by atoms with van der Waals surface area (Å²) in [6, 6.07) is 4.75. The summed E-state index contributed by atoms with van der Waals surface area (Å²) in [5, 5.41) is 0. The highest BCUT2D eigenvalue weighted by Crippen LogP contribution is 2.31. The lowest BCUT2D eigenvalue weighted by atomic mass is 10.1. The first-order valence-corrected chi connectivity index (χ1v) is 5.99. The molecule has 1 aromatic carbocycles. The van der Waals surface area contributed by atoms with Crippen LogP contribution in [-0.4, -0.2) is 4.98 Å². The van der Waals surface area contributed by atoms with Crippen LogP contribution in [0.25, 0.3) is 11.5 Å². The maximum atomic E-state index is 12.4. The highest BCUT2D eigenvalue weighted by Gasteiger charge is 2.30. The highest BCUT2D eigenvalue weighted by molar-refractivity contribution is 5.54. The van der Waals surface area contributed by atoms with Crippen molar-refractivity contribution in [2.24, 2.45) is 0 Å². The van der Waals surface area contributed by atoms with Gasteiger partial charge in [0.2, 0.25) is 5.89 Å². The summed E-state index contributed by atoms with van der Waals surface area (Å²) in [4.78, 5) is 4.12. The number of hydrogen-bond acceptors (Lipinski definition) is 2. The zero-order chi connectivity index (χ0) is 14.6. The van der Waals surface area contributed by atoms with Crippen molar-refractivity contribution in [3.05, 3.63) is 41.3 Å². The molecule has 0 aliphatic heterocycles. The Hall–Kier alpha value is -1.78. The van der Waals surface area contributed by atoms with E-state index in [9.17, 15) is 13.2 Å². The Bertz CT molecular complexity index is 507. The van der Waals surface area contributed by atoms with Crippen LogP contribution in [0.15, 0.2) is 28.7 Å². The molecule has 0 N–H and O–H groups in total. The molecular weight excluding hydrogens is 255 g/mol. The fourth-order valence-corrected chi connectivity index (χ4v) is 1.40. The van der Waals surface area contributed by atoms with E-state index in [1.54, 1.807) is 13.8 Å². The topological polar surface area (TPSA) is 26.0 Å². The van der Waals surface area contributed by atoms with Gasteiger partial charge in [-0.1, -0.05) is 13.8 Å². The minimum Gasteiger partial charge on any atom is -0.441 e. The first-order valence-electron chi connectivity index (χ1n) is 5.99. The highest BCUT2D eigenvalue weighted by atomic mass is 19.4. The standard InChI is InChI=1S/C12H10F3NO.C2H6/c1-7-8(2)17-11(16-7)9-3-5-10(6-4-9)12(13,14)15;1-2/h3-6H,1-2H3;1-2H3. The van der Waals surface area contributed by atoms with Gasteiger partial charge in [-0.2, -0.15) is 13.2 Å². The predicted molar refractivity (Wildman–Crippen MR) is 67.8 cm³/mol. The maximum absolute atomic E-state index is 12.4. The maximum Gasteiger partial charge on any atom is 0.416 e. The third-order valence-electron chi connectivity index (χ3n) is 2.49. The second kappa shape index (κ2) is 5.91. The number of benzene rings is 1. The fourth-order valence-electron chi connectivity index (χ4n) is 1.40. The molecule has 0 saturated carbocycles. The molecule has 0 unspecified atom stereocenters. The summed E-state index contributed by atoms with van der Waals surface area (Å²) in [5.74, 6) is 1.01. The third kappa shape index (κ3) is 3.59. The minimum atomic E-state index is -4.32. The van der Waals surface area contributed by atoms with Crippen molar-refractivity contribution in [3.63, 3.8) is 0 Å². The van der Waals surface area contributed by atoms with Crippen molar-refractivity contribution in [1.29, 1.82) is 0 Å². The van der Waals surface area contributed by atoms with Gasteiger partial charge in [0.1, 0.15) is 5.76 Å². The lowest BCUT2D eigenvalue weighted by Crippen LogP contribution is -2.03. The fraction of sp³-hybridized carbons (Fsp3) is 0.357. The largest absolute Gasteiger partial charge is 0.441 e. The Kier molecular flexibility index (Phi) is 4.75. The van der Waals surface area contributed by atoms with Crippen molar-refractivity contribution in [2.45, 2.75) is 33.9 Å². The molecule has 2 aromatic rings. The van der Waals surface area contributed by atoms with Gasteiger partial charge >= 0.3 is 6.18 Å². The van der Waals surface area contributed by atoms with Crippen molar-refractivity contribution in [2.75, 3.05) is 0 Å². The summed E-state index contributed by atoms with van der Waals surface area (Å²) >= 11 is 0. The summed E-state index contributed by atoms with van der Waals surface area (Å²) in [7, 11) is 0. The molecule has 1 heterocycles. The Morgan fingerprint density at radius 2 is 1.53 bits per heavy atom. The van der Waals surface area contributed by atoms with Crippen molar-refractivity contribution >= 4 is 0 Å². The molecule has 0 fully saturated rings. The van der Waals surface area contributed by atoms with E-state index in [-0.39, 0.29) is 0 Å². The third-order valence-corrected chi connectivity index (χ3v) is 2.49. The average molecular weight is 271 g/mol. The van der Waals surface area contributed by atoms with Crippen LogP contribution in [0.1, 0.15) is 30.9 Å². The Labute approximate surface area is 110 Å². The Morgan fingerprint density at radius 3 is 1.89 bits per heavy atom. The summed E-state index contributed by atoms with van der Waals surface area (Å²) < 4.78 is 42.4. The van der Waals surface area contributed by atoms with Crippen molar-refractivity contribution < 1.29 is 17.6 Å². The second-order valence-corrected chi connectivity index (χ2v) is 3.74. The van der Waals surface area contributed by atoms with E-state index in [0.29, 0.717) is 17.2 Å². The monoisotopic (exact) mass is 271 g/mol. The molecule has 2 nitrogen and oxygen atoms in total. The molecule has 0 bridgehead atoms. The second-order valence-electron chi connectivity index (χ2n) is 3.74. The van der Waals surface area contributed by atoms with Gasteiger partial charge < -0.3 is 4.42 Å². The Balaban J connectivity index is 0.000000861. The molecule has 0 saturated heterocycles. The number of halogens is 3. The van der Waals surface area contributed by atoms with Crippen LogP contribution < -0.4 is 0 Å². The number of rotatable bonds is 1. The number of oxazole rings is 1. The quantitative estimate of drug-likeness (QED) is 0.729. The molecule has 0 atom stereocenters. The van der Waals surface area contributed by atoms with Crippen LogP contribution in [0.2, 0.25) is 0 Å². The van der Waals surface area contributed by atoms with Crippen LogP contribution in [-0.2, 0) is 6.18 Å². The lowest BCUT2D eigenvalue weighted by Gasteiger charge is -2.05. The number of hydrogen-bond donors (Lipinski definition) is 0. The molecule has 0 aliphatic rings. The van der Waals surface area contributed by atoms with Gasteiger partial charge in [0.15, 0.2) is 0 Å². The molecule has 0 amide bonds. The van der Waals surface area contributed by atoms with E-state index in [4.69, 9.17) is 4.42 Å². The number of nitrogens with zero attached hydrogens (tertiary/aromatic N) is 1. The average Bonchev–Trinajstić information content (AvgIpc) is 2.71. The van der Waals surface area contributed by atoms with Crippen molar-refractivity contribution in [3.8, 4) is 11.5 Å². The van der Waals surface area contributed by atoms with Crippen LogP contribution in [0.3, 0.4) is 0 Å². The van der Waals surface area contributed by atoms with E-state index in [1.165, 1.54) is 12.1 Å². The first kappa shape index (κ1) is 15.3. The zero-order valence-corrected chi connectivity index (χ0v) is 11.3. The van der Waals surface area contributed by atoms with E-state index in [1.807, 2.05) is 13.8 Å². The summed E-state index contributed by atoms with van der Waals surface area (Å²) in [5.41, 5.74) is 0.593. The molecule has 0 aliphatic carbocycles. The van der Waals surface area contributed by atoms with Gasteiger partial charge in [0.25, 0.3) is 0 Å². The van der Waals surface area contributed by atoms with Gasteiger partial charge in [0.05, 0.1) is 11.3 Å². The molecule has 1 aromatic heterocycles. The number of aryl methyl sites for hydroxylation is 2. The smallest absolute Gasteiger partial charge is 0.416 e. The minimum absolute atomic E-state index is 0.341. The molecule has 0 radical (unpaired) electrons. The first-order chi connectivity index (χ1) is 8.88. The normalized spacial score (nSPS) is 10.9. The molecule has 19 heavy (non-hydrogen) atoms. The van der Waals surface area contributed by atoms with Crippen molar-refractivity contribution in [1.82, 2.24) is 4.98 Å². The summed E-state index contributed by atoms with van der Waals surface area (Å²) in [6.45, 7) is 7.54. The molecule has 5 heteroatoms. The van der Waals surface area contributed by atoms with Crippen LogP contribution >= 0.6 is 0 Å². The van der Waals surface area contributed by atoms with Gasteiger partial charge in [-0.25, -0.2) is 4.98 Å². The summed E-state index contributed by atoms with van der Waals surface area (Å²) in [6.07, 6.45) is -4.32.